The Hall–Kier alpha value is -1.27. The molecule has 0 aliphatic rings. The minimum Gasteiger partial charge on any atom is -0.469 e. The maximum Gasteiger partial charge on any atom is 0.471 e. The lowest BCUT2D eigenvalue weighted by Gasteiger charge is -2.16. The molecule has 7 heteroatoms. The summed E-state index contributed by atoms with van der Waals surface area (Å²) in [5.41, 5.74) is 0. The second-order valence-electron chi connectivity index (χ2n) is 2.86. The fraction of sp³-hybridized carbons (Fsp3) is 0.750. The highest BCUT2D eigenvalue weighted by molar-refractivity contribution is 5.82. The molecule has 0 rings (SSSR count). The first-order valence-corrected chi connectivity index (χ1v) is 4.25. The van der Waals surface area contributed by atoms with Gasteiger partial charge < -0.3 is 10.1 Å². The fourth-order valence-electron chi connectivity index (χ4n) is 0.849. The predicted molar refractivity (Wildman–Crippen MR) is 44.9 cm³/mol. The molecule has 0 heterocycles. The summed E-state index contributed by atoms with van der Waals surface area (Å²) >= 11 is 0. The molecule has 1 amide bonds. The molecule has 0 saturated carbocycles. The van der Waals surface area contributed by atoms with Crippen molar-refractivity contribution in [3.8, 4) is 0 Å². The average Bonchev–Trinajstić information content (AvgIpc) is 2.14. The Morgan fingerprint density at radius 1 is 1.40 bits per heavy atom. The number of hydrogen-bond acceptors (Lipinski definition) is 3. The molecular formula is C8H12F3NO3. The molecule has 0 bridgehead atoms. The first kappa shape index (κ1) is 13.7. The molecule has 15 heavy (non-hydrogen) atoms. The molecule has 0 aromatic carbocycles. The Balaban J connectivity index is 4.22. The number of hydrogen-bond donors (Lipinski definition) is 1. The van der Waals surface area contributed by atoms with Crippen LogP contribution >= 0.6 is 0 Å². The van der Waals surface area contributed by atoms with Gasteiger partial charge in [0.05, 0.1) is 13.5 Å². The SMILES string of the molecule is CC[C@H](CC(=O)OC)NC(=O)C(F)(F)F. The van der Waals surface area contributed by atoms with Crippen molar-refractivity contribution < 1.29 is 27.5 Å². The van der Waals surface area contributed by atoms with Gasteiger partial charge in [0.15, 0.2) is 0 Å². The number of nitrogens with one attached hydrogen (secondary N) is 1. The number of halogens is 3. The molecule has 4 nitrogen and oxygen atoms in total. The van der Waals surface area contributed by atoms with Gasteiger partial charge in [-0.1, -0.05) is 6.92 Å². The van der Waals surface area contributed by atoms with E-state index in [1.54, 1.807) is 12.2 Å². The lowest BCUT2D eigenvalue weighted by Crippen LogP contribution is -2.43. The summed E-state index contributed by atoms with van der Waals surface area (Å²) in [4.78, 5) is 21.3. The maximum absolute atomic E-state index is 11.8. The Bertz CT molecular complexity index is 240. The zero-order chi connectivity index (χ0) is 12.1. The van der Waals surface area contributed by atoms with E-state index in [4.69, 9.17) is 0 Å². The molecule has 0 aliphatic carbocycles. The highest BCUT2D eigenvalue weighted by Crippen LogP contribution is 2.15. The molecular weight excluding hydrogens is 215 g/mol. The van der Waals surface area contributed by atoms with Crippen LogP contribution in [0.25, 0.3) is 0 Å². The van der Waals surface area contributed by atoms with Crippen LogP contribution in [0, 0.1) is 0 Å². The van der Waals surface area contributed by atoms with Crippen molar-refractivity contribution in [2.75, 3.05) is 7.11 Å². The molecule has 0 aromatic rings. The van der Waals surface area contributed by atoms with Crippen molar-refractivity contribution in [2.45, 2.75) is 32.0 Å². The Morgan fingerprint density at radius 3 is 2.27 bits per heavy atom. The first-order valence-electron chi connectivity index (χ1n) is 4.25. The van der Waals surface area contributed by atoms with E-state index >= 15 is 0 Å². The van der Waals surface area contributed by atoms with Gasteiger partial charge in [-0.25, -0.2) is 0 Å². The van der Waals surface area contributed by atoms with E-state index in [9.17, 15) is 22.8 Å². The van der Waals surface area contributed by atoms with Gasteiger partial charge in [0, 0.05) is 6.04 Å². The van der Waals surface area contributed by atoms with Gasteiger partial charge in [0.2, 0.25) is 0 Å². The summed E-state index contributed by atoms with van der Waals surface area (Å²) in [6.45, 7) is 1.56. The molecule has 1 atom stereocenters. The molecule has 0 unspecified atom stereocenters. The van der Waals surface area contributed by atoms with Gasteiger partial charge in [-0.15, -0.1) is 0 Å². The fourth-order valence-corrected chi connectivity index (χ4v) is 0.849. The molecule has 88 valence electrons. The van der Waals surface area contributed by atoms with Crippen molar-refractivity contribution >= 4 is 11.9 Å². The van der Waals surface area contributed by atoms with Crippen LogP contribution in [0.2, 0.25) is 0 Å². The van der Waals surface area contributed by atoms with Crippen molar-refractivity contribution in [3.63, 3.8) is 0 Å². The summed E-state index contributed by atoms with van der Waals surface area (Å²) in [7, 11) is 1.13. The van der Waals surface area contributed by atoms with Gasteiger partial charge >= 0.3 is 18.1 Å². The molecule has 0 spiro atoms. The van der Waals surface area contributed by atoms with E-state index in [0.29, 0.717) is 0 Å². The van der Waals surface area contributed by atoms with Gasteiger partial charge in [-0.2, -0.15) is 13.2 Å². The minimum atomic E-state index is -4.93. The Kier molecular flexibility index (Phi) is 5.10. The van der Waals surface area contributed by atoms with E-state index in [1.807, 2.05) is 0 Å². The number of amides is 1. The monoisotopic (exact) mass is 227 g/mol. The van der Waals surface area contributed by atoms with Crippen molar-refractivity contribution in [1.29, 1.82) is 0 Å². The largest absolute Gasteiger partial charge is 0.471 e. The van der Waals surface area contributed by atoms with Crippen molar-refractivity contribution in [3.05, 3.63) is 0 Å². The topological polar surface area (TPSA) is 55.4 Å². The van der Waals surface area contributed by atoms with Crippen LogP contribution < -0.4 is 5.32 Å². The summed E-state index contributed by atoms with van der Waals surface area (Å²) in [6, 6.07) is -0.855. The zero-order valence-electron chi connectivity index (χ0n) is 8.35. The van der Waals surface area contributed by atoms with Crippen LogP contribution in [-0.2, 0) is 14.3 Å². The van der Waals surface area contributed by atoms with E-state index in [-0.39, 0.29) is 12.8 Å². The van der Waals surface area contributed by atoms with Gasteiger partial charge in [-0.05, 0) is 6.42 Å². The van der Waals surface area contributed by atoms with Crippen LogP contribution in [0.1, 0.15) is 19.8 Å². The normalized spacial score (nSPS) is 13.1. The molecule has 0 aromatic heterocycles. The molecule has 0 saturated heterocycles. The van der Waals surface area contributed by atoms with Crippen LogP contribution in [0.4, 0.5) is 13.2 Å². The molecule has 1 N–H and O–H groups in total. The molecule has 0 fully saturated rings. The van der Waals surface area contributed by atoms with Crippen LogP contribution in [0.5, 0.6) is 0 Å². The maximum atomic E-state index is 11.8. The average molecular weight is 227 g/mol. The summed E-state index contributed by atoms with van der Waals surface area (Å²) in [5, 5.41) is 1.71. The Labute approximate surface area is 84.8 Å². The predicted octanol–water partition coefficient (Wildman–Crippen LogP) is 1.01. The number of alkyl halides is 3. The lowest BCUT2D eigenvalue weighted by molar-refractivity contribution is -0.174. The third-order valence-electron chi connectivity index (χ3n) is 1.73. The number of methoxy groups -OCH3 is 1. The second-order valence-corrected chi connectivity index (χ2v) is 2.86. The van der Waals surface area contributed by atoms with Gasteiger partial charge in [0.1, 0.15) is 0 Å². The first-order chi connectivity index (χ1) is 6.81. The van der Waals surface area contributed by atoms with Gasteiger partial charge in [0.25, 0.3) is 0 Å². The second kappa shape index (κ2) is 5.57. The lowest BCUT2D eigenvalue weighted by atomic mass is 10.1. The minimum absolute atomic E-state index is 0.219. The van der Waals surface area contributed by atoms with E-state index in [1.165, 1.54) is 0 Å². The summed E-state index contributed by atoms with van der Waals surface area (Å²) in [5.74, 6) is -2.71. The molecule has 0 aliphatic heterocycles. The van der Waals surface area contributed by atoms with E-state index < -0.39 is 24.1 Å². The van der Waals surface area contributed by atoms with Crippen molar-refractivity contribution in [2.24, 2.45) is 0 Å². The van der Waals surface area contributed by atoms with Crippen LogP contribution in [0.15, 0.2) is 0 Å². The highest BCUT2D eigenvalue weighted by Gasteiger charge is 2.39. The van der Waals surface area contributed by atoms with Gasteiger partial charge in [-0.3, -0.25) is 9.59 Å². The number of esters is 1. The number of rotatable bonds is 4. The van der Waals surface area contributed by atoms with Crippen LogP contribution in [0.3, 0.4) is 0 Å². The highest BCUT2D eigenvalue weighted by atomic mass is 19.4. The van der Waals surface area contributed by atoms with E-state index in [0.717, 1.165) is 7.11 Å². The third-order valence-corrected chi connectivity index (χ3v) is 1.73. The standard InChI is InChI=1S/C8H12F3NO3/c1-3-5(4-6(13)15-2)12-7(14)8(9,10)11/h5H,3-4H2,1-2H3,(H,12,14)/t5-/m1/s1. The number of ether oxygens (including phenoxy) is 1. The Morgan fingerprint density at radius 2 is 1.93 bits per heavy atom. The van der Waals surface area contributed by atoms with E-state index in [2.05, 4.69) is 4.74 Å². The zero-order valence-corrected chi connectivity index (χ0v) is 8.35. The summed E-state index contributed by atoms with van der Waals surface area (Å²) in [6.07, 6.45) is -4.98. The quantitative estimate of drug-likeness (QED) is 0.729. The number of carbonyl (C=O) groups excluding carboxylic acids is 2. The van der Waals surface area contributed by atoms with Crippen LogP contribution in [-0.4, -0.2) is 31.2 Å². The summed E-state index contributed by atoms with van der Waals surface area (Å²) < 4.78 is 39.8. The number of carbonyl (C=O) groups is 2. The molecule has 0 radical (unpaired) electrons. The van der Waals surface area contributed by atoms with Crippen molar-refractivity contribution in [1.82, 2.24) is 5.32 Å². The smallest absolute Gasteiger partial charge is 0.469 e. The third kappa shape index (κ3) is 5.24.